The van der Waals surface area contributed by atoms with Gasteiger partial charge < -0.3 is 23.8 Å². The normalized spacial score (nSPS) is 19.3. The molecular weight excluding hydrogens is 394 g/mol. The number of carbonyl (C=O) groups is 1. The fourth-order valence-electron chi connectivity index (χ4n) is 4.18. The van der Waals surface area contributed by atoms with Gasteiger partial charge in [-0.25, -0.2) is 4.79 Å². The highest BCUT2D eigenvalue weighted by molar-refractivity contribution is 5.67. The van der Waals surface area contributed by atoms with Crippen molar-refractivity contribution in [3.05, 3.63) is 59.7 Å². The molecule has 2 aliphatic rings. The molecule has 1 heterocycles. The van der Waals surface area contributed by atoms with Gasteiger partial charge in [0.1, 0.15) is 6.10 Å². The molecule has 0 N–H and O–H groups in total. The molecule has 6 nitrogen and oxygen atoms in total. The maximum absolute atomic E-state index is 12.6. The van der Waals surface area contributed by atoms with Gasteiger partial charge in [-0.05, 0) is 48.9 Å². The third kappa shape index (κ3) is 5.70. The van der Waals surface area contributed by atoms with Gasteiger partial charge in [0, 0.05) is 13.0 Å². The summed E-state index contributed by atoms with van der Waals surface area (Å²) in [6.07, 6.45) is 5.02. The van der Waals surface area contributed by atoms with Crippen LogP contribution in [0.1, 0.15) is 42.9 Å². The lowest BCUT2D eigenvalue weighted by Gasteiger charge is -2.32. The van der Waals surface area contributed by atoms with Crippen LogP contribution in [-0.2, 0) is 15.9 Å². The van der Waals surface area contributed by atoms with E-state index in [1.54, 1.807) is 12.0 Å². The van der Waals surface area contributed by atoms with Crippen LogP contribution < -0.4 is 9.47 Å². The van der Waals surface area contributed by atoms with Crippen LogP contribution in [0.3, 0.4) is 0 Å². The Morgan fingerprint density at radius 3 is 2.68 bits per heavy atom. The maximum Gasteiger partial charge on any atom is 0.409 e. The van der Waals surface area contributed by atoms with Gasteiger partial charge >= 0.3 is 6.09 Å². The Kier molecular flexibility index (Phi) is 7.30. The number of carbonyl (C=O) groups excluding carboxylic acids is 1. The fraction of sp³-hybridized carbons (Fsp3) is 0.480. The van der Waals surface area contributed by atoms with E-state index in [9.17, 15) is 4.79 Å². The number of amides is 1. The van der Waals surface area contributed by atoms with Crippen molar-refractivity contribution < 1.29 is 23.7 Å². The Bertz CT molecular complexity index is 850. The van der Waals surface area contributed by atoms with Gasteiger partial charge in [-0.2, -0.15) is 0 Å². The number of ether oxygens (including phenoxy) is 4. The van der Waals surface area contributed by atoms with Crippen molar-refractivity contribution in [2.45, 2.75) is 44.3 Å². The molecule has 2 aromatic rings. The van der Waals surface area contributed by atoms with Gasteiger partial charge in [-0.1, -0.05) is 36.4 Å². The zero-order valence-corrected chi connectivity index (χ0v) is 18.1. The highest BCUT2D eigenvalue weighted by Gasteiger charge is 2.27. The van der Waals surface area contributed by atoms with Crippen LogP contribution in [0.5, 0.6) is 11.5 Å². The lowest BCUT2D eigenvalue weighted by atomic mass is 10.1. The SMILES string of the molecule is COc1ccc(C2CN(C(=O)OCCc3ccccc3)CCO2)cc1OC1CCCC1. The average molecular weight is 426 g/mol. The zero-order chi connectivity index (χ0) is 21.5. The first-order valence-electron chi connectivity index (χ1n) is 11.1. The van der Waals surface area contributed by atoms with Crippen LogP contribution in [0, 0.1) is 0 Å². The molecule has 1 amide bonds. The zero-order valence-electron chi connectivity index (χ0n) is 18.1. The quantitative estimate of drug-likeness (QED) is 0.640. The van der Waals surface area contributed by atoms with Crippen LogP contribution >= 0.6 is 0 Å². The predicted octanol–water partition coefficient (Wildman–Crippen LogP) is 4.77. The summed E-state index contributed by atoms with van der Waals surface area (Å²) in [4.78, 5) is 14.3. The largest absolute Gasteiger partial charge is 0.493 e. The molecule has 1 aliphatic heterocycles. The van der Waals surface area contributed by atoms with Crippen molar-refractivity contribution >= 4 is 6.09 Å². The Morgan fingerprint density at radius 1 is 1.10 bits per heavy atom. The van der Waals surface area contributed by atoms with E-state index in [-0.39, 0.29) is 18.3 Å². The highest BCUT2D eigenvalue weighted by atomic mass is 16.6. The first-order chi connectivity index (χ1) is 15.2. The van der Waals surface area contributed by atoms with E-state index in [2.05, 4.69) is 0 Å². The predicted molar refractivity (Wildman–Crippen MR) is 118 cm³/mol. The molecule has 1 saturated carbocycles. The van der Waals surface area contributed by atoms with Crippen molar-refractivity contribution in [1.82, 2.24) is 4.90 Å². The second-order valence-corrected chi connectivity index (χ2v) is 8.09. The van der Waals surface area contributed by atoms with Gasteiger partial charge in [-0.15, -0.1) is 0 Å². The van der Waals surface area contributed by atoms with Crippen LogP contribution in [0.2, 0.25) is 0 Å². The molecule has 0 bridgehead atoms. The van der Waals surface area contributed by atoms with E-state index in [1.165, 1.54) is 12.8 Å². The molecule has 6 heteroatoms. The second kappa shape index (κ2) is 10.5. The molecule has 0 spiro atoms. The van der Waals surface area contributed by atoms with E-state index in [0.717, 1.165) is 35.5 Å². The summed E-state index contributed by atoms with van der Waals surface area (Å²) >= 11 is 0. The fourth-order valence-corrected chi connectivity index (χ4v) is 4.18. The number of hydrogen-bond donors (Lipinski definition) is 0. The number of hydrogen-bond acceptors (Lipinski definition) is 5. The summed E-state index contributed by atoms with van der Waals surface area (Å²) in [5.41, 5.74) is 2.14. The topological polar surface area (TPSA) is 57.2 Å². The molecule has 2 fully saturated rings. The molecule has 31 heavy (non-hydrogen) atoms. The standard InChI is InChI=1S/C25H31NO5/c1-28-22-12-11-20(17-23(22)31-21-9-5-6-10-21)24-18-26(14-16-29-24)25(27)30-15-13-19-7-3-2-4-8-19/h2-4,7-8,11-12,17,21,24H,5-6,9-10,13-16,18H2,1H3. The monoisotopic (exact) mass is 425 g/mol. The van der Waals surface area contributed by atoms with Gasteiger partial charge in [0.25, 0.3) is 0 Å². The third-order valence-electron chi connectivity index (χ3n) is 5.94. The lowest BCUT2D eigenvalue weighted by molar-refractivity contribution is -0.0285. The molecular formula is C25H31NO5. The summed E-state index contributed by atoms with van der Waals surface area (Å²) in [6.45, 7) is 1.83. The molecule has 1 atom stereocenters. The Hall–Kier alpha value is -2.73. The van der Waals surface area contributed by atoms with E-state index >= 15 is 0 Å². The molecule has 1 saturated heterocycles. The average Bonchev–Trinajstić information content (AvgIpc) is 3.33. The van der Waals surface area contributed by atoms with E-state index in [1.807, 2.05) is 48.5 Å². The maximum atomic E-state index is 12.6. The van der Waals surface area contributed by atoms with E-state index in [0.29, 0.717) is 32.7 Å². The van der Waals surface area contributed by atoms with Crippen molar-refractivity contribution in [3.8, 4) is 11.5 Å². The smallest absolute Gasteiger partial charge is 0.409 e. The van der Waals surface area contributed by atoms with Gasteiger partial charge in [-0.3, -0.25) is 0 Å². The summed E-state index contributed by atoms with van der Waals surface area (Å²) in [5, 5.41) is 0. The lowest BCUT2D eigenvalue weighted by Crippen LogP contribution is -2.42. The summed E-state index contributed by atoms with van der Waals surface area (Å²) < 4.78 is 23.2. The molecule has 1 unspecified atom stereocenters. The van der Waals surface area contributed by atoms with Crippen LogP contribution in [-0.4, -0.2) is 50.5 Å². The first-order valence-corrected chi connectivity index (χ1v) is 11.1. The summed E-state index contributed by atoms with van der Waals surface area (Å²) in [7, 11) is 1.65. The molecule has 0 radical (unpaired) electrons. The first kappa shape index (κ1) is 21.5. The van der Waals surface area contributed by atoms with E-state index in [4.69, 9.17) is 18.9 Å². The highest BCUT2D eigenvalue weighted by Crippen LogP contribution is 2.35. The minimum absolute atomic E-state index is 0.216. The van der Waals surface area contributed by atoms with Crippen LogP contribution in [0.15, 0.2) is 48.5 Å². The molecule has 0 aromatic heterocycles. The number of morpholine rings is 1. The van der Waals surface area contributed by atoms with Crippen LogP contribution in [0.4, 0.5) is 4.79 Å². The Labute approximate surface area is 184 Å². The number of benzene rings is 2. The third-order valence-corrected chi connectivity index (χ3v) is 5.94. The second-order valence-electron chi connectivity index (χ2n) is 8.09. The summed E-state index contributed by atoms with van der Waals surface area (Å²) in [5.74, 6) is 1.47. The van der Waals surface area contributed by atoms with Gasteiger partial charge in [0.15, 0.2) is 11.5 Å². The van der Waals surface area contributed by atoms with Crippen LogP contribution in [0.25, 0.3) is 0 Å². The Morgan fingerprint density at radius 2 is 1.90 bits per heavy atom. The van der Waals surface area contributed by atoms with Crippen molar-refractivity contribution in [3.63, 3.8) is 0 Å². The number of nitrogens with zero attached hydrogens (tertiary/aromatic N) is 1. The number of methoxy groups -OCH3 is 1. The van der Waals surface area contributed by atoms with Crippen molar-refractivity contribution in [1.29, 1.82) is 0 Å². The summed E-state index contributed by atoms with van der Waals surface area (Å²) in [6, 6.07) is 15.9. The number of rotatable bonds is 7. The van der Waals surface area contributed by atoms with Gasteiger partial charge in [0.2, 0.25) is 0 Å². The molecule has 166 valence electrons. The molecule has 4 rings (SSSR count). The minimum Gasteiger partial charge on any atom is -0.493 e. The van der Waals surface area contributed by atoms with Crippen molar-refractivity contribution in [2.24, 2.45) is 0 Å². The van der Waals surface area contributed by atoms with E-state index < -0.39 is 0 Å². The Balaban J connectivity index is 1.35. The minimum atomic E-state index is -0.292. The molecule has 1 aliphatic carbocycles. The van der Waals surface area contributed by atoms with Gasteiger partial charge in [0.05, 0.1) is 33.0 Å². The molecule has 2 aromatic carbocycles. The van der Waals surface area contributed by atoms with Crippen molar-refractivity contribution in [2.75, 3.05) is 33.4 Å².